The van der Waals surface area contributed by atoms with Crippen LogP contribution in [0.25, 0.3) is 11.0 Å². The Kier molecular flexibility index (Phi) is 7.96. The van der Waals surface area contributed by atoms with Crippen molar-refractivity contribution < 1.29 is 0 Å². The normalized spacial score (nSPS) is 30.9. The van der Waals surface area contributed by atoms with Crippen LogP contribution < -0.4 is 16.4 Å². The Labute approximate surface area is 205 Å². The van der Waals surface area contributed by atoms with Crippen LogP contribution in [0.4, 0.5) is 5.69 Å². The molecule has 1 aromatic heterocycles. The van der Waals surface area contributed by atoms with Crippen LogP contribution in [-0.4, -0.2) is 33.8 Å². The minimum Gasteiger partial charge on any atom is -0.354 e. The van der Waals surface area contributed by atoms with Crippen LogP contribution in [0.2, 0.25) is 5.02 Å². The van der Waals surface area contributed by atoms with E-state index in [9.17, 15) is 0 Å². The van der Waals surface area contributed by atoms with Gasteiger partial charge < -0.3 is 16.4 Å². The molecule has 6 nitrogen and oxygen atoms in total. The van der Waals surface area contributed by atoms with Crippen molar-refractivity contribution in [2.24, 2.45) is 33.9 Å². The molecule has 10 heteroatoms. The lowest BCUT2D eigenvalue weighted by Gasteiger charge is -2.58. The van der Waals surface area contributed by atoms with Crippen molar-refractivity contribution in [3.63, 3.8) is 0 Å². The highest BCUT2D eigenvalue weighted by molar-refractivity contribution is 7.00. The van der Waals surface area contributed by atoms with E-state index >= 15 is 0 Å². The van der Waals surface area contributed by atoms with E-state index in [0.29, 0.717) is 16.5 Å². The number of anilines is 1. The van der Waals surface area contributed by atoms with Crippen molar-refractivity contribution in [2.45, 2.75) is 51.5 Å². The van der Waals surface area contributed by atoms with Crippen LogP contribution in [-0.2, 0) is 0 Å². The molecule has 31 heavy (non-hydrogen) atoms. The van der Waals surface area contributed by atoms with Crippen molar-refractivity contribution in [1.29, 1.82) is 0 Å². The van der Waals surface area contributed by atoms with Gasteiger partial charge in [0.15, 0.2) is 5.96 Å². The van der Waals surface area contributed by atoms with E-state index < -0.39 is 0 Å². The first-order valence-corrected chi connectivity index (χ1v) is 11.8. The standard InChI is InChI=1S/C12H21N.C9H8ClN5S.2ClH/c1-8(13)12-5-9-2-10(6-12)4-11(3-9)7-12;10-5-1-2-6-8(15-16-14-6)7(5)13-9-11-3-4-12-9;;/h8-11H,2-7,13H2,1H3;1-2H,3-4H2,(H2,11,12,13);2*1H. The molecule has 0 radical (unpaired) electrons. The van der Waals surface area contributed by atoms with E-state index in [1.54, 1.807) is 0 Å². The summed E-state index contributed by atoms with van der Waals surface area (Å²) in [5.74, 6) is 3.90. The smallest absolute Gasteiger partial charge is 0.196 e. The third-order valence-electron chi connectivity index (χ3n) is 7.35. The van der Waals surface area contributed by atoms with E-state index in [1.807, 2.05) is 12.1 Å². The summed E-state index contributed by atoms with van der Waals surface area (Å²) >= 11 is 7.30. The predicted octanol–water partition coefficient (Wildman–Crippen LogP) is 5.11. The average Bonchev–Trinajstić information content (AvgIpc) is 3.35. The molecular weight excluding hydrogens is 475 g/mol. The fourth-order valence-corrected chi connectivity index (χ4v) is 7.02. The second-order valence-corrected chi connectivity index (χ2v) is 10.3. The number of aliphatic imine (C=N–C) groups is 1. The van der Waals surface area contributed by atoms with Crippen LogP contribution in [0.1, 0.15) is 45.4 Å². The van der Waals surface area contributed by atoms with Crippen LogP contribution >= 0.6 is 48.1 Å². The second-order valence-electron chi connectivity index (χ2n) is 9.41. The highest BCUT2D eigenvalue weighted by Crippen LogP contribution is 2.60. The summed E-state index contributed by atoms with van der Waals surface area (Å²) in [5, 5.41) is 6.90. The maximum absolute atomic E-state index is 6.19. The predicted molar refractivity (Wildman–Crippen MR) is 135 cm³/mol. The molecule has 0 saturated heterocycles. The molecule has 172 valence electrons. The molecule has 4 aliphatic carbocycles. The van der Waals surface area contributed by atoms with Crippen molar-refractivity contribution in [1.82, 2.24) is 14.1 Å². The second kappa shape index (κ2) is 9.96. The van der Waals surface area contributed by atoms with Crippen LogP contribution in [0, 0.1) is 23.2 Å². The zero-order valence-electron chi connectivity index (χ0n) is 17.6. The van der Waals surface area contributed by atoms with Gasteiger partial charge in [0.25, 0.3) is 0 Å². The molecule has 4 N–H and O–H groups in total. The molecule has 7 rings (SSSR count). The van der Waals surface area contributed by atoms with Gasteiger partial charge in [-0.15, -0.1) is 24.8 Å². The van der Waals surface area contributed by atoms with Gasteiger partial charge in [-0.3, -0.25) is 4.99 Å². The summed E-state index contributed by atoms with van der Waals surface area (Å²) in [7, 11) is 0. The quantitative estimate of drug-likeness (QED) is 0.528. The molecule has 4 saturated carbocycles. The molecular formula is C21H31Cl3N6S. The van der Waals surface area contributed by atoms with Crippen LogP contribution in [0.15, 0.2) is 17.1 Å². The Hall–Kier alpha value is -0.860. The first-order valence-electron chi connectivity index (χ1n) is 10.7. The zero-order chi connectivity index (χ0) is 20.0. The lowest BCUT2D eigenvalue weighted by atomic mass is 9.48. The van der Waals surface area contributed by atoms with Crippen molar-refractivity contribution in [3.8, 4) is 0 Å². The Morgan fingerprint density at radius 2 is 1.77 bits per heavy atom. The third kappa shape index (κ3) is 4.91. The van der Waals surface area contributed by atoms with Crippen molar-refractivity contribution in [3.05, 3.63) is 17.2 Å². The molecule has 0 spiro atoms. The number of rotatable bonds is 2. The van der Waals surface area contributed by atoms with Crippen LogP contribution in [0.5, 0.6) is 0 Å². The maximum atomic E-state index is 6.19. The molecule has 0 amide bonds. The van der Waals surface area contributed by atoms with Crippen LogP contribution in [0.3, 0.4) is 0 Å². The lowest BCUT2D eigenvalue weighted by molar-refractivity contribution is -0.0637. The number of nitrogens with two attached hydrogens (primary N) is 1. The lowest BCUT2D eigenvalue weighted by Crippen LogP contribution is -2.53. The summed E-state index contributed by atoms with van der Waals surface area (Å²) in [4.78, 5) is 4.25. The van der Waals surface area contributed by atoms with E-state index in [-0.39, 0.29) is 24.8 Å². The number of aromatic nitrogens is 2. The number of fused-ring (bicyclic) bond motifs is 1. The largest absolute Gasteiger partial charge is 0.354 e. The Bertz CT molecular complexity index is 896. The van der Waals surface area contributed by atoms with Gasteiger partial charge in [-0.25, -0.2) is 0 Å². The molecule has 5 aliphatic rings. The molecule has 2 aromatic rings. The summed E-state index contributed by atoms with van der Waals surface area (Å²) in [6.45, 7) is 3.88. The van der Waals surface area contributed by atoms with E-state index in [2.05, 4.69) is 31.3 Å². The molecule has 1 unspecified atom stereocenters. The van der Waals surface area contributed by atoms with Gasteiger partial charge in [0.05, 0.1) is 29.0 Å². The Morgan fingerprint density at radius 3 is 2.32 bits per heavy atom. The van der Waals surface area contributed by atoms with Gasteiger partial charge >= 0.3 is 0 Å². The van der Waals surface area contributed by atoms with E-state index in [0.717, 1.165) is 53.5 Å². The zero-order valence-corrected chi connectivity index (χ0v) is 20.8. The number of nitrogens with one attached hydrogen (secondary N) is 2. The number of nitrogens with zero attached hydrogens (tertiary/aromatic N) is 3. The van der Waals surface area contributed by atoms with Gasteiger partial charge in [0, 0.05) is 12.6 Å². The van der Waals surface area contributed by atoms with Gasteiger partial charge in [0.1, 0.15) is 11.0 Å². The summed E-state index contributed by atoms with van der Waals surface area (Å²) in [6.07, 6.45) is 8.97. The van der Waals surface area contributed by atoms with Gasteiger partial charge in [-0.1, -0.05) is 11.6 Å². The molecule has 4 fully saturated rings. The van der Waals surface area contributed by atoms with E-state index in [4.69, 9.17) is 17.3 Å². The maximum Gasteiger partial charge on any atom is 0.196 e. The molecule has 1 aromatic carbocycles. The SMILES string of the molecule is CC(N)C12CC3CC(CC(C3)C1)C2.Cl.Cl.Clc1ccc2nsnc2c1NC1=NCCN1. The first kappa shape index (κ1) is 24.8. The number of guanidine groups is 1. The highest BCUT2D eigenvalue weighted by atomic mass is 35.5. The first-order chi connectivity index (χ1) is 14.0. The van der Waals surface area contributed by atoms with Gasteiger partial charge in [0.2, 0.25) is 0 Å². The third-order valence-corrected chi connectivity index (χ3v) is 8.20. The summed E-state index contributed by atoms with van der Waals surface area (Å²) in [5.41, 5.74) is 9.16. The van der Waals surface area contributed by atoms with E-state index in [1.165, 1.54) is 50.3 Å². The number of halogens is 3. The fourth-order valence-electron chi connectivity index (χ4n) is 6.28. The Morgan fingerprint density at radius 1 is 1.13 bits per heavy atom. The topological polar surface area (TPSA) is 88.2 Å². The monoisotopic (exact) mass is 504 g/mol. The number of hydrogen-bond donors (Lipinski definition) is 3. The minimum absolute atomic E-state index is 0. The summed E-state index contributed by atoms with van der Waals surface area (Å²) in [6, 6.07) is 4.11. The Balaban J connectivity index is 0.000000168. The highest BCUT2D eigenvalue weighted by Gasteiger charge is 2.52. The molecule has 1 atom stereocenters. The molecule has 4 bridgehead atoms. The number of benzene rings is 1. The average molecular weight is 506 g/mol. The van der Waals surface area contributed by atoms with Crippen molar-refractivity contribution in [2.75, 3.05) is 18.4 Å². The number of hydrogen-bond acceptors (Lipinski definition) is 7. The van der Waals surface area contributed by atoms with Gasteiger partial charge in [-0.2, -0.15) is 8.75 Å². The molecule has 1 aliphatic heterocycles. The van der Waals surface area contributed by atoms with Gasteiger partial charge in [-0.05, 0) is 80.8 Å². The minimum atomic E-state index is 0. The van der Waals surface area contributed by atoms with Crippen molar-refractivity contribution >= 4 is 70.8 Å². The fraction of sp³-hybridized carbons (Fsp3) is 0.667. The molecule has 2 heterocycles. The summed E-state index contributed by atoms with van der Waals surface area (Å²) < 4.78 is 8.39.